The first-order chi connectivity index (χ1) is 9.08. The Morgan fingerprint density at radius 3 is 2.40 bits per heavy atom. The van der Waals surface area contributed by atoms with Crippen LogP contribution in [0.3, 0.4) is 0 Å². The topological polar surface area (TPSA) is 41.6 Å². The number of hydrogen-bond donors (Lipinski definition) is 1. The second-order valence-electron chi connectivity index (χ2n) is 4.12. The minimum absolute atomic E-state index is 0. The molecular formula is C12H14Cl4N2O2. The first kappa shape index (κ1) is 17.7. The van der Waals surface area contributed by atoms with E-state index >= 15 is 0 Å². The fraction of sp³-hybridized carbons (Fsp3) is 0.417. The van der Waals surface area contributed by atoms with Crippen molar-refractivity contribution in [2.75, 3.05) is 32.8 Å². The molecule has 1 amide bonds. The summed E-state index contributed by atoms with van der Waals surface area (Å²) in [5, 5.41) is 4.21. The van der Waals surface area contributed by atoms with Gasteiger partial charge >= 0.3 is 0 Å². The van der Waals surface area contributed by atoms with Crippen LogP contribution in [-0.4, -0.2) is 43.6 Å². The van der Waals surface area contributed by atoms with Crippen LogP contribution in [0.4, 0.5) is 0 Å². The van der Waals surface area contributed by atoms with Crippen LogP contribution in [0.5, 0.6) is 5.75 Å². The SMILES string of the molecule is Cl.O=C(COc1cc(Cl)c(Cl)cc1Cl)N1CCNCC1. The van der Waals surface area contributed by atoms with Gasteiger partial charge in [-0.25, -0.2) is 0 Å². The molecule has 0 atom stereocenters. The van der Waals surface area contributed by atoms with Crippen LogP contribution in [0.1, 0.15) is 0 Å². The molecule has 0 radical (unpaired) electrons. The minimum Gasteiger partial charge on any atom is -0.482 e. The van der Waals surface area contributed by atoms with Gasteiger partial charge in [-0.15, -0.1) is 12.4 Å². The molecule has 1 aliphatic heterocycles. The molecule has 1 heterocycles. The Morgan fingerprint density at radius 1 is 1.15 bits per heavy atom. The summed E-state index contributed by atoms with van der Waals surface area (Å²) in [6, 6.07) is 3.01. The van der Waals surface area contributed by atoms with Gasteiger partial charge in [0, 0.05) is 32.2 Å². The van der Waals surface area contributed by atoms with Gasteiger partial charge in [0.15, 0.2) is 6.61 Å². The molecule has 1 aliphatic rings. The maximum absolute atomic E-state index is 11.9. The Balaban J connectivity index is 0.00000200. The zero-order valence-corrected chi connectivity index (χ0v) is 13.6. The van der Waals surface area contributed by atoms with Crippen molar-refractivity contribution >= 4 is 53.1 Å². The van der Waals surface area contributed by atoms with Crippen molar-refractivity contribution in [3.63, 3.8) is 0 Å². The molecule has 0 spiro atoms. The third-order valence-corrected chi connectivity index (χ3v) is 3.81. The molecule has 1 aromatic rings. The van der Waals surface area contributed by atoms with Gasteiger partial charge in [0.2, 0.25) is 0 Å². The molecule has 0 saturated carbocycles. The zero-order chi connectivity index (χ0) is 13.8. The van der Waals surface area contributed by atoms with E-state index < -0.39 is 0 Å². The number of nitrogens with one attached hydrogen (secondary N) is 1. The number of benzene rings is 1. The summed E-state index contributed by atoms with van der Waals surface area (Å²) < 4.78 is 5.40. The first-order valence-electron chi connectivity index (χ1n) is 5.84. The third-order valence-electron chi connectivity index (χ3n) is 2.80. The van der Waals surface area contributed by atoms with E-state index in [-0.39, 0.29) is 24.9 Å². The van der Waals surface area contributed by atoms with E-state index in [4.69, 9.17) is 39.5 Å². The van der Waals surface area contributed by atoms with E-state index in [1.165, 1.54) is 12.1 Å². The molecular weight excluding hydrogens is 346 g/mol. The molecule has 8 heteroatoms. The summed E-state index contributed by atoms with van der Waals surface area (Å²) >= 11 is 17.7. The van der Waals surface area contributed by atoms with Crippen molar-refractivity contribution in [3.05, 3.63) is 27.2 Å². The van der Waals surface area contributed by atoms with Crippen molar-refractivity contribution in [2.45, 2.75) is 0 Å². The Bertz CT molecular complexity index is 479. The lowest BCUT2D eigenvalue weighted by molar-refractivity contribution is -0.133. The number of rotatable bonds is 3. The Kier molecular flexibility index (Phi) is 7.20. The van der Waals surface area contributed by atoms with Crippen molar-refractivity contribution in [1.29, 1.82) is 0 Å². The summed E-state index contributed by atoms with van der Waals surface area (Å²) in [6.07, 6.45) is 0. The quantitative estimate of drug-likeness (QED) is 0.843. The highest BCUT2D eigenvalue weighted by molar-refractivity contribution is 6.43. The fourth-order valence-electron chi connectivity index (χ4n) is 1.76. The van der Waals surface area contributed by atoms with Gasteiger partial charge in [-0.05, 0) is 6.07 Å². The number of halogens is 4. The first-order valence-corrected chi connectivity index (χ1v) is 6.97. The smallest absolute Gasteiger partial charge is 0.260 e. The molecule has 2 rings (SSSR count). The third kappa shape index (κ3) is 4.57. The summed E-state index contributed by atoms with van der Waals surface area (Å²) in [7, 11) is 0. The fourth-order valence-corrected chi connectivity index (χ4v) is 2.35. The summed E-state index contributed by atoms with van der Waals surface area (Å²) in [6.45, 7) is 2.94. The molecule has 1 aromatic carbocycles. The number of amides is 1. The maximum atomic E-state index is 11.9. The van der Waals surface area contributed by atoms with Crippen LogP contribution in [0.25, 0.3) is 0 Å². The van der Waals surface area contributed by atoms with E-state index in [0.29, 0.717) is 33.9 Å². The maximum Gasteiger partial charge on any atom is 0.260 e. The van der Waals surface area contributed by atoms with Gasteiger partial charge in [0.05, 0.1) is 15.1 Å². The van der Waals surface area contributed by atoms with E-state index in [2.05, 4.69) is 5.32 Å². The van der Waals surface area contributed by atoms with Crippen molar-refractivity contribution < 1.29 is 9.53 Å². The number of piperazine rings is 1. The van der Waals surface area contributed by atoms with E-state index in [1.54, 1.807) is 4.90 Å². The summed E-state index contributed by atoms with van der Waals surface area (Å²) in [4.78, 5) is 13.7. The van der Waals surface area contributed by atoms with Gasteiger partial charge in [-0.1, -0.05) is 34.8 Å². The van der Waals surface area contributed by atoms with Crippen LogP contribution in [0.2, 0.25) is 15.1 Å². The van der Waals surface area contributed by atoms with E-state index in [1.807, 2.05) is 0 Å². The largest absolute Gasteiger partial charge is 0.482 e. The van der Waals surface area contributed by atoms with Crippen molar-refractivity contribution in [1.82, 2.24) is 10.2 Å². The molecule has 1 fully saturated rings. The van der Waals surface area contributed by atoms with E-state index in [0.717, 1.165) is 13.1 Å². The summed E-state index contributed by atoms with van der Waals surface area (Å²) in [5.74, 6) is 0.295. The molecule has 1 N–H and O–H groups in total. The second kappa shape index (κ2) is 8.15. The van der Waals surface area contributed by atoms with Crippen LogP contribution in [0.15, 0.2) is 12.1 Å². The number of hydrogen-bond acceptors (Lipinski definition) is 3. The van der Waals surface area contributed by atoms with Crippen LogP contribution in [0, 0.1) is 0 Å². The van der Waals surface area contributed by atoms with Gasteiger partial charge in [-0.3, -0.25) is 4.79 Å². The lowest BCUT2D eigenvalue weighted by Crippen LogP contribution is -2.47. The minimum atomic E-state index is -0.0661. The Labute approximate surface area is 138 Å². The Morgan fingerprint density at radius 2 is 1.75 bits per heavy atom. The number of carbonyl (C=O) groups is 1. The van der Waals surface area contributed by atoms with Crippen LogP contribution in [-0.2, 0) is 4.79 Å². The predicted molar refractivity (Wildman–Crippen MR) is 83.7 cm³/mol. The van der Waals surface area contributed by atoms with Gasteiger partial charge in [0.25, 0.3) is 5.91 Å². The molecule has 0 aliphatic carbocycles. The van der Waals surface area contributed by atoms with Crippen LogP contribution >= 0.6 is 47.2 Å². The van der Waals surface area contributed by atoms with Gasteiger partial charge < -0.3 is 15.0 Å². The number of carbonyl (C=O) groups excluding carboxylic acids is 1. The molecule has 112 valence electrons. The number of ether oxygens (including phenoxy) is 1. The zero-order valence-electron chi connectivity index (χ0n) is 10.5. The van der Waals surface area contributed by atoms with Gasteiger partial charge in [-0.2, -0.15) is 0 Å². The standard InChI is InChI=1S/C12H13Cl3N2O2.ClH/c13-8-5-10(15)11(6-9(8)14)19-7-12(18)17-3-1-16-2-4-17;/h5-6,16H,1-4,7H2;1H. The average Bonchev–Trinajstić information content (AvgIpc) is 2.42. The van der Waals surface area contributed by atoms with E-state index in [9.17, 15) is 4.79 Å². The highest BCUT2D eigenvalue weighted by Gasteiger charge is 2.17. The molecule has 0 bridgehead atoms. The summed E-state index contributed by atoms with van der Waals surface area (Å²) in [5.41, 5.74) is 0. The molecule has 1 saturated heterocycles. The second-order valence-corrected chi connectivity index (χ2v) is 5.34. The predicted octanol–water partition coefficient (Wildman–Crippen LogP) is 2.88. The lowest BCUT2D eigenvalue weighted by atomic mass is 10.3. The lowest BCUT2D eigenvalue weighted by Gasteiger charge is -2.27. The van der Waals surface area contributed by atoms with Gasteiger partial charge in [0.1, 0.15) is 5.75 Å². The molecule has 0 aromatic heterocycles. The number of nitrogens with zero attached hydrogens (tertiary/aromatic N) is 1. The highest BCUT2D eigenvalue weighted by Crippen LogP contribution is 2.33. The molecule has 4 nitrogen and oxygen atoms in total. The normalized spacial score (nSPS) is 14.7. The Hall–Kier alpha value is -0.390. The average molecular weight is 360 g/mol. The van der Waals surface area contributed by atoms with Crippen molar-refractivity contribution in [3.8, 4) is 5.75 Å². The highest BCUT2D eigenvalue weighted by atomic mass is 35.5. The van der Waals surface area contributed by atoms with Crippen molar-refractivity contribution in [2.24, 2.45) is 0 Å². The monoisotopic (exact) mass is 358 g/mol. The molecule has 20 heavy (non-hydrogen) atoms. The molecule has 0 unspecified atom stereocenters. The van der Waals surface area contributed by atoms with Crippen LogP contribution < -0.4 is 10.1 Å².